The van der Waals surface area contributed by atoms with Crippen LogP contribution in [0.3, 0.4) is 0 Å². The van der Waals surface area contributed by atoms with Crippen LogP contribution in [0.15, 0.2) is 36.7 Å². The van der Waals surface area contributed by atoms with Crippen molar-refractivity contribution in [1.82, 2.24) is 4.98 Å². The molecule has 2 aromatic rings. The first kappa shape index (κ1) is 13.6. The van der Waals surface area contributed by atoms with E-state index in [1.807, 2.05) is 25.1 Å². The molecule has 0 unspecified atom stereocenters. The van der Waals surface area contributed by atoms with Crippen molar-refractivity contribution in [3.8, 4) is 0 Å². The Bertz CT molecular complexity index is 552. The summed E-state index contributed by atoms with van der Waals surface area (Å²) >= 11 is 5.83. The van der Waals surface area contributed by atoms with Gasteiger partial charge in [-0.2, -0.15) is 0 Å². The van der Waals surface area contributed by atoms with E-state index in [-0.39, 0.29) is 5.82 Å². The molecule has 100 valence electrons. The highest BCUT2D eigenvalue weighted by atomic mass is 35.5. The average Bonchev–Trinajstić information content (AvgIpc) is 2.35. The maximum absolute atomic E-state index is 13.2. The summed E-state index contributed by atoms with van der Waals surface area (Å²) in [7, 11) is 3.92. The summed E-state index contributed by atoms with van der Waals surface area (Å²) in [4.78, 5) is 6.07. The van der Waals surface area contributed by atoms with Crippen LogP contribution in [0.25, 0.3) is 0 Å². The Morgan fingerprint density at radius 1 is 1.32 bits per heavy atom. The monoisotopic (exact) mass is 279 g/mol. The molecule has 0 aliphatic carbocycles. The van der Waals surface area contributed by atoms with Gasteiger partial charge in [-0.15, -0.1) is 0 Å². The van der Waals surface area contributed by atoms with Crippen molar-refractivity contribution in [3.05, 3.63) is 53.1 Å². The summed E-state index contributed by atoms with van der Waals surface area (Å²) < 4.78 is 13.2. The summed E-state index contributed by atoms with van der Waals surface area (Å²) in [5.41, 5.74) is 2.71. The fourth-order valence-electron chi connectivity index (χ4n) is 1.82. The number of pyridine rings is 1. The van der Waals surface area contributed by atoms with E-state index in [2.05, 4.69) is 10.3 Å². The quantitative estimate of drug-likeness (QED) is 0.928. The van der Waals surface area contributed by atoms with Gasteiger partial charge < -0.3 is 10.2 Å². The Hall–Kier alpha value is -1.81. The number of hydrogen-bond donors (Lipinski definition) is 1. The van der Waals surface area contributed by atoms with Gasteiger partial charge in [0.1, 0.15) is 5.82 Å². The fraction of sp³-hybridized carbons (Fsp3) is 0.214. The lowest BCUT2D eigenvalue weighted by atomic mass is 10.2. The zero-order valence-corrected chi connectivity index (χ0v) is 11.6. The van der Waals surface area contributed by atoms with Crippen LogP contribution in [0.5, 0.6) is 0 Å². The lowest BCUT2D eigenvalue weighted by molar-refractivity contribution is 0.626. The van der Waals surface area contributed by atoms with Crippen LogP contribution in [0.4, 0.5) is 15.8 Å². The minimum absolute atomic E-state index is 0.330. The standard InChI is InChI=1S/C14H15ClFN3/c1-19(2)14-3-4-17-9-13(14)18-8-10-5-11(15)7-12(16)6-10/h3-7,9,18H,8H2,1-2H3. The summed E-state index contributed by atoms with van der Waals surface area (Å²) in [5, 5.41) is 3.63. The van der Waals surface area contributed by atoms with Crippen molar-refractivity contribution in [2.24, 2.45) is 0 Å². The van der Waals surface area contributed by atoms with Gasteiger partial charge in [-0.25, -0.2) is 4.39 Å². The highest BCUT2D eigenvalue weighted by molar-refractivity contribution is 6.30. The van der Waals surface area contributed by atoms with Crippen molar-refractivity contribution < 1.29 is 4.39 Å². The fourth-order valence-corrected chi connectivity index (χ4v) is 2.07. The van der Waals surface area contributed by atoms with Crippen LogP contribution in [0, 0.1) is 5.82 Å². The molecule has 2 rings (SSSR count). The van der Waals surface area contributed by atoms with Gasteiger partial charge in [0.05, 0.1) is 17.6 Å². The Morgan fingerprint density at radius 3 is 2.79 bits per heavy atom. The number of rotatable bonds is 4. The summed E-state index contributed by atoms with van der Waals surface area (Å²) in [6.45, 7) is 0.490. The molecular formula is C14H15ClFN3. The van der Waals surface area contributed by atoms with Gasteiger partial charge in [-0.3, -0.25) is 4.98 Å². The topological polar surface area (TPSA) is 28.2 Å². The highest BCUT2D eigenvalue weighted by Gasteiger charge is 2.05. The predicted molar refractivity (Wildman–Crippen MR) is 77.3 cm³/mol. The molecule has 19 heavy (non-hydrogen) atoms. The number of aromatic nitrogens is 1. The van der Waals surface area contributed by atoms with Crippen LogP contribution in [-0.2, 0) is 6.54 Å². The largest absolute Gasteiger partial charge is 0.378 e. The van der Waals surface area contributed by atoms with Crippen LogP contribution in [0.1, 0.15) is 5.56 Å². The third-order valence-corrected chi connectivity index (χ3v) is 2.90. The number of benzene rings is 1. The number of hydrogen-bond acceptors (Lipinski definition) is 3. The Morgan fingerprint density at radius 2 is 2.11 bits per heavy atom. The Labute approximate surface area is 117 Å². The van der Waals surface area contributed by atoms with Crippen LogP contribution < -0.4 is 10.2 Å². The maximum Gasteiger partial charge on any atom is 0.125 e. The minimum atomic E-state index is -0.330. The van der Waals surface area contributed by atoms with Gasteiger partial charge in [0.25, 0.3) is 0 Å². The first-order valence-corrected chi connectivity index (χ1v) is 6.24. The van der Waals surface area contributed by atoms with E-state index < -0.39 is 0 Å². The first-order chi connectivity index (χ1) is 9.06. The molecule has 0 saturated carbocycles. The van der Waals surface area contributed by atoms with Crippen molar-refractivity contribution in [2.45, 2.75) is 6.54 Å². The van der Waals surface area contributed by atoms with Crippen molar-refractivity contribution in [1.29, 1.82) is 0 Å². The summed E-state index contributed by atoms with van der Waals surface area (Å²) in [6, 6.07) is 6.41. The van der Waals surface area contributed by atoms with Gasteiger partial charge in [0.2, 0.25) is 0 Å². The van der Waals surface area contributed by atoms with E-state index in [4.69, 9.17) is 11.6 Å². The van der Waals surface area contributed by atoms with Gasteiger partial charge in [-0.05, 0) is 29.8 Å². The molecule has 0 aliphatic rings. The molecule has 5 heteroatoms. The molecule has 1 aromatic heterocycles. The molecule has 0 saturated heterocycles. The van der Waals surface area contributed by atoms with Crippen molar-refractivity contribution in [2.75, 3.05) is 24.3 Å². The van der Waals surface area contributed by atoms with E-state index in [0.717, 1.165) is 16.9 Å². The second kappa shape index (κ2) is 5.89. The molecule has 0 radical (unpaired) electrons. The van der Waals surface area contributed by atoms with Gasteiger partial charge in [0.15, 0.2) is 0 Å². The van der Waals surface area contributed by atoms with Gasteiger partial charge in [-0.1, -0.05) is 11.6 Å². The van der Waals surface area contributed by atoms with E-state index >= 15 is 0 Å². The van der Waals surface area contributed by atoms with Crippen LogP contribution >= 0.6 is 11.6 Å². The highest BCUT2D eigenvalue weighted by Crippen LogP contribution is 2.23. The van der Waals surface area contributed by atoms with Crippen molar-refractivity contribution >= 4 is 23.0 Å². The average molecular weight is 280 g/mol. The molecule has 1 heterocycles. The van der Waals surface area contributed by atoms with Crippen molar-refractivity contribution in [3.63, 3.8) is 0 Å². The number of nitrogens with one attached hydrogen (secondary N) is 1. The molecule has 1 N–H and O–H groups in total. The molecule has 3 nitrogen and oxygen atoms in total. The van der Waals surface area contributed by atoms with E-state index in [0.29, 0.717) is 11.6 Å². The van der Waals surface area contributed by atoms with Crippen LogP contribution in [0.2, 0.25) is 5.02 Å². The minimum Gasteiger partial charge on any atom is -0.378 e. The number of nitrogens with zero attached hydrogens (tertiary/aromatic N) is 2. The second-order valence-electron chi connectivity index (χ2n) is 4.42. The van der Waals surface area contributed by atoms with E-state index in [9.17, 15) is 4.39 Å². The molecule has 0 spiro atoms. The molecule has 0 bridgehead atoms. The van der Waals surface area contributed by atoms with Gasteiger partial charge >= 0.3 is 0 Å². The summed E-state index contributed by atoms with van der Waals surface area (Å²) in [6.07, 6.45) is 3.48. The number of anilines is 2. The zero-order valence-electron chi connectivity index (χ0n) is 10.8. The second-order valence-corrected chi connectivity index (χ2v) is 4.85. The Balaban J connectivity index is 2.14. The molecule has 0 aliphatic heterocycles. The predicted octanol–water partition coefficient (Wildman–Crippen LogP) is 3.55. The van der Waals surface area contributed by atoms with Gasteiger partial charge in [0, 0.05) is 31.9 Å². The summed E-state index contributed by atoms with van der Waals surface area (Å²) in [5.74, 6) is -0.330. The lowest BCUT2D eigenvalue weighted by Crippen LogP contribution is -2.12. The van der Waals surface area contributed by atoms with E-state index in [1.54, 1.807) is 18.5 Å². The normalized spacial score (nSPS) is 10.3. The molecule has 0 fully saturated rings. The SMILES string of the molecule is CN(C)c1ccncc1NCc1cc(F)cc(Cl)c1. The zero-order chi connectivity index (χ0) is 13.8. The van der Waals surface area contributed by atoms with Crippen LogP contribution in [-0.4, -0.2) is 19.1 Å². The maximum atomic E-state index is 13.2. The molecule has 1 aromatic carbocycles. The Kier molecular flexibility index (Phi) is 4.22. The smallest absolute Gasteiger partial charge is 0.125 e. The number of halogens is 2. The molecular weight excluding hydrogens is 265 g/mol. The third-order valence-electron chi connectivity index (χ3n) is 2.69. The lowest BCUT2D eigenvalue weighted by Gasteiger charge is -2.17. The first-order valence-electron chi connectivity index (χ1n) is 5.86. The van der Waals surface area contributed by atoms with E-state index in [1.165, 1.54) is 12.1 Å². The molecule has 0 amide bonds. The third kappa shape index (κ3) is 3.58. The molecule has 0 atom stereocenters.